The van der Waals surface area contributed by atoms with Crippen molar-refractivity contribution in [3.05, 3.63) is 42.7 Å². The first-order valence-corrected chi connectivity index (χ1v) is 6.88. The molecular formula is C13H14N6S. The van der Waals surface area contributed by atoms with Crippen LogP contribution < -0.4 is 11.1 Å². The number of nitrogens with zero attached hydrogens (tertiary/aromatic N) is 4. The van der Waals surface area contributed by atoms with Crippen LogP contribution in [0, 0.1) is 0 Å². The van der Waals surface area contributed by atoms with E-state index in [2.05, 4.69) is 19.7 Å². The molecule has 0 aliphatic carbocycles. The number of aromatic nitrogens is 4. The number of aryl methyl sites for hydroxylation is 1. The second kappa shape index (κ2) is 5.30. The predicted molar refractivity (Wildman–Crippen MR) is 80.3 cm³/mol. The summed E-state index contributed by atoms with van der Waals surface area (Å²) in [5.41, 5.74) is 7.90. The van der Waals surface area contributed by atoms with Gasteiger partial charge in [-0.05, 0) is 29.2 Å². The molecule has 0 amide bonds. The first kappa shape index (κ1) is 12.6. The van der Waals surface area contributed by atoms with Crippen molar-refractivity contribution in [1.82, 2.24) is 18.9 Å². The second-order valence-electron chi connectivity index (χ2n) is 4.32. The molecule has 0 radical (unpaired) electrons. The highest BCUT2D eigenvalue weighted by Gasteiger charge is 2.13. The molecule has 6 nitrogen and oxygen atoms in total. The minimum absolute atomic E-state index is 0.531. The molecule has 0 aromatic carbocycles. The molecule has 0 atom stereocenters. The van der Waals surface area contributed by atoms with Crippen molar-refractivity contribution in [1.29, 1.82) is 0 Å². The maximum absolute atomic E-state index is 5.97. The van der Waals surface area contributed by atoms with Crippen molar-refractivity contribution in [3.63, 3.8) is 0 Å². The van der Waals surface area contributed by atoms with E-state index >= 15 is 0 Å². The fourth-order valence-corrected chi connectivity index (χ4v) is 2.68. The van der Waals surface area contributed by atoms with Crippen LogP contribution in [0.2, 0.25) is 0 Å². The van der Waals surface area contributed by atoms with Gasteiger partial charge in [-0.15, -0.1) is 0 Å². The topological polar surface area (TPSA) is 81.7 Å². The third-order valence-corrected chi connectivity index (χ3v) is 3.83. The SMILES string of the molecule is Cn1ccnc1CNc1snc(N)c1-c1ccncc1. The Morgan fingerprint density at radius 3 is 2.80 bits per heavy atom. The Labute approximate surface area is 120 Å². The van der Waals surface area contributed by atoms with E-state index in [9.17, 15) is 0 Å². The molecule has 3 N–H and O–H groups in total. The van der Waals surface area contributed by atoms with E-state index in [0.29, 0.717) is 12.4 Å². The van der Waals surface area contributed by atoms with E-state index in [4.69, 9.17) is 5.73 Å². The van der Waals surface area contributed by atoms with Crippen LogP contribution >= 0.6 is 11.5 Å². The lowest BCUT2D eigenvalue weighted by molar-refractivity contribution is 0.814. The van der Waals surface area contributed by atoms with Crippen LogP contribution in [0.3, 0.4) is 0 Å². The molecule has 20 heavy (non-hydrogen) atoms. The Balaban J connectivity index is 1.86. The summed E-state index contributed by atoms with van der Waals surface area (Å²) in [6, 6.07) is 3.85. The normalized spacial score (nSPS) is 10.7. The maximum Gasteiger partial charge on any atom is 0.147 e. The van der Waals surface area contributed by atoms with Crippen molar-refractivity contribution in [2.24, 2.45) is 7.05 Å². The van der Waals surface area contributed by atoms with Crippen LogP contribution in [0.1, 0.15) is 5.82 Å². The highest BCUT2D eigenvalue weighted by molar-refractivity contribution is 7.11. The number of nitrogens with one attached hydrogen (secondary N) is 1. The summed E-state index contributed by atoms with van der Waals surface area (Å²) in [6.07, 6.45) is 7.19. The molecule has 7 heteroatoms. The summed E-state index contributed by atoms with van der Waals surface area (Å²) < 4.78 is 6.20. The van der Waals surface area contributed by atoms with Crippen LogP contribution in [0.15, 0.2) is 36.9 Å². The molecule has 3 aromatic heterocycles. The average molecular weight is 286 g/mol. The van der Waals surface area contributed by atoms with Gasteiger partial charge in [-0.3, -0.25) is 4.98 Å². The van der Waals surface area contributed by atoms with Gasteiger partial charge < -0.3 is 15.6 Å². The van der Waals surface area contributed by atoms with Crippen LogP contribution in [0.25, 0.3) is 11.1 Å². The number of imidazole rings is 1. The van der Waals surface area contributed by atoms with Crippen LogP contribution in [0.4, 0.5) is 10.8 Å². The van der Waals surface area contributed by atoms with Gasteiger partial charge in [0.05, 0.1) is 12.1 Å². The summed E-state index contributed by atoms with van der Waals surface area (Å²) in [5, 5.41) is 4.29. The zero-order valence-electron chi connectivity index (χ0n) is 10.9. The molecule has 0 saturated heterocycles. The van der Waals surface area contributed by atoms with E-state index in [1.165, 1.54) is 11.5 Å². The molecule has 3 heterocycles. The molecule has 0 fully saturated rings. The molecule has 0 aliphatic rings. The Hall–Kier alpha value is -2.41. The van der Waals surface area contributed by atoms with Gasteiger partial charge in [0.1, 0.15) is 16.6 Å². The molecule has 0 saturated carbocycles. The summed E-state index contributed by atoms with van der Waals surface area (Å²) >= 11 is 1.36. The van der Waals surface area contributed by atoms with Crippen LogP contribution in [-0.2, 0) is 13.6 Å². The van der Waals surface area contributed by atoms with Gasteiger partial charge in [0, 0.05) is 31.8 Å². The van der Waals surface area contributed by atoms with E-state index in [1.54, 1.807) is 18.6 Å². The van der Waals surface area contributed by atoms with Crippen molar-refractivity contribution < 1.29 is 0 Å². The molecule has 0 aliphatic heterocycles. The van der Waals surface area contributed by atoms with Crippen molar-refractivity contribution >= 4 is 22.4 Å². The largest absolute Gasteiger partial charge is 0.382 e. The van der Waals surface area contributed by atoms with Crippen molar-refractivity contribution in [2.75, 3.05) is 11.1 Å². The molecular weight excluding hydrogens is 272 g/mol. The maximum atomic E-state index is 5.97. The fourth-order valence-electron chi connectivity index (χ4n) is 1.95. The number of anilines is 2. The summed E-state index contributed by atoms with van der Waals surface area (Å²) in [7, 11) is 1.97. The van der Waals surface area contributed by atoms with E-state index in [1.807, 2.05) is 29.9 Å². The highest BCUT2D eigenvalue weighted by Crippen LogP contribution is 2.36. The fraction of sp³-hybridized carbons (Fsp3) is 0.154. The number of pyridine rings is 1. The van der Waals surface area contributed by atoms with Crippen LogP contribution in [-0.4, -0.2) is 18.9 Å². The van der Waals surface area contributed by atoms with Gasteiger partial charge in [-0.2, -0.15) is 4.37 Å². The average Bonchev–Trinajstić information content (AvgIpc) is 3.03. The third kappa shape index (κ3) is 2.35. The summed E-state index contributed by atoms with van der Waals surface area (Å²) in [5.74, 6) is 1.49. The van der Waals surface area contributed by atoms with E-state index < -0.39 is 0 Å². The second-order valence-corrected chi connectivity index (χ2v) is 5.09. The zero-order chi connectivity index (χ0) is 13.9. The van der Waals surface area contributed by atoms with Gasteiger partial charge in [-0.1, -0.05) is 0 Å². The third-order valence-electron chi connectivity index (χ3n) is 3.02. The van der Waals surface area contributed by atoms with Gasteiger partial charge in [-0.25, -0.2) is 4.98 Å². The number of hydrogen-bond acceptors (Lipinski definition) is 6. The van der Waals surface area contributed by atoms with Gasteiger partial charge in [0.25, 0.3) is 0 Å². The molecule has 3 rings (SSSR count). The molecule has 0 unspecified atom stereocenters. The standard InChI is InChI=1S/C13H14N6S/c1-19-7-6-16-10(19)8-17-13-11(12(14)18-20-13)9-2-4-15-5-3-9/h2-7,17H,8H2,1H3,(H2,14,18). The Bertz CT molecular complexity index is 703. The lowest BCUT2D eigenvalue weighted by Crippen LogP contribution is -2.05. The zero-order valence-corrected chi connectivity index (χ0v) is 11.8. The monoisotopic (exact) mass is 286 g/mol. The first-order chi connectivity index (χ1) is 9.75. The lowest BCUT2D eigenvalue weighted by atomic mass is 10.1. The van der Waals surface area contributed by atoms with Crippen LogP contribution in [0.5, 0.6) is 0 Å². The quantitative estimate of drug-likeness (QED) is 0.768. The summed E-state index contributed by atoms with van der Waals surface area (Å²) in [6.45, 7) is 0.628. The Kier molecular flexibility index (Phi) is 3.34. The van der Waals surface area contributed by atoms with E-state index in [-0.39, 0.29) is 0 Å². The smallest absolute Gasteiger partial charge is 0.147 e. The van der Waals surface area contributed by atoms with Crippen molar-refractivity contribution in [3.8, 4) is 11.1 Å². The number of hydrogen-bond donors (Lipinski definition) is 2. The minimum atomic E-state index is 0.531. The predicted octanol–water partition coefficient (Wildman–Crippen LogP) is 2.13. The molecule has 102 valence electrons. The van der Waals surface area contributed by atoms with E-state index in [0.717, 1.165) is 22.0 Å². The van der Waals surface area contributed by atoms with Gasteiger partial charge in [0.15, 0.2) is 0 Å². The molecule has 0 spiro atoms. The highest BCUT2D eigenvalue weighted by atomic mass is 32.1. The lowest BCUT2D eigenvalue weighted by Gasteiger charge is -2.07. The molecule has 3 aromatic rings. The van der Waals surface area contributed by atoms with Crippen molar-refractivity contribution in [2.45, 2.75) is 6.54 Å². The van der Waals surface area contributed by atoms with Gasteiger partial charge >= 0.3 is 0 Å². The number of nitrogens with two attached hydrogens (primary N) is 1. The summed E-state index contributed by atoms with van der Waals surface area (Å²) in [4.78, 5) is 8.30. The Morgan fingerprint density at radius 1 is 1.30 bits per heavy atom. The first-order valence-electron chi connectivity index (χ1n) is 6.11. The number of nitrogen functional groups attached to an aromatic ring is 1. The van der Waals surface area contributed by atoms with Gasteiger partial charge in [0.2, 0.25) is 0 Å². The number of rotatable bonds is 4. The minimum Gasteiger partial charge on any atom is -0.382 e. The molecule has 0 bridgehead atoms. The Morgan fingerprint density at radius 2 is 2.10 bits per heavy atom.